The first-order chi connectivity index (χ1) is 5.84. The molecule has 0 aliphatic rings. The molecule has 0 fully saturated rings. The zero-order chi connectivity index (χ0) is 10.2. The van der Waals surface area contributed by atoms with E-state index in [2.05, 4.69) is 4.98 Å². The molecule has 13 heavy (non-hydrogen) atoms. The number of nitrogen functional groups attached to an aromatic ring is 1. The molecule has 0 radical (unpaired) electrons. The average molecular weight is 203 g/mol. The Morgan fingerprint density at radius 1 is 1.54 bits per heavy atom. The van der Waals surface area contributed by atoms with Gasteiger partial charge in [-0.1, -0.05) is 0 Å². The van der Waals surface area contributed by atoms with Gasteiger partial charge in [0.2, 0.25) is 15.0 Å². The lowest BCUT2D eigenvalue weighted by Gasteiger charge is -2.04. The monoisotopic (exact) mass is 203 g/mol. The van der Waals surface area contributed by atoms with Gasteiger partial charge in [-0.2, -0.15) is 0 Å². The SMILES string of the molecule is Cn1c(S(C)(=O)=O)ncc(N)c1=O. The minimum absolute atomic E-state index is 0.0742. The van der Waals surface area contributed by atoms with Crippen LogP contribution >= 0.6 is 0 Å². The molecule has 1 heterocycles. The van der Waals surface area contributed by atoms with E-state index in [9.17, 15) is 13.2 Å². The van der Waals surface area contributed by atoms with E-state index in [0.717, 1.165) is 17.0 Å². The summed E-state index contributed by atoms with van der Waals surface area (Å²) in [6.07, 6.45) is 2.02. The Hall–Kier alpha value is -1.37. The van der Waals surface area contributed by atoms with Crippen LogP contribution in [0.3, 0.4) is 0 Å². The summed E-state index contributed by atoms with van der Waals surface area (Å²) in [5, 5.41) is -0.285. The first-order valence-electron chi connectivity index (χ1n) is 3.35. The van der Waals surface area contributed by atoms with E-state index < -0.39 is 15.4 Å². The third kappa shape index (κ3) is 1.69. The maximum Gasteiger partial charge on any atom is 0.277 e. The zero-order valence-electron chi connectivity index (χ0n) is 7.18. The van der Waals surface area contributed by atoms with Crippen molar-refractivity contribution in [1.82, 2.24) is 9.55 Å². The quantitative estimate of drug-likeness (QED) is 0.576. The lowest BCUT2D eigenvalue weighted by Crippen LogP contribution is -2.26. The minimum Gasteiger partial charge on any atom is -0.393 e. The second-order valence-corrected chi connectivity index (χ2v) is 4.54. The topological polar surface area (TPSA) is 95.1 Å². The van der Waals surface area contributed by atoms with Crippen molar-refractivity contribution in [3.63, 3.8) is 0 Å². The van der Waals surface area contributed by atoms with Gasteiger partial charge in [0.05, 0.1) is 6.20 Å². The molecule has 0 bridgehead atoms. The van der Waals surface area contributed by atoms with Gasteiger partial charge in [-0.3, -0.25) is 9.36 Å². The van der Waals surface area contributed by atoms with Gasteiger partial charge in [0.25, 0.3) is 5.56 Å². The second-order valence-electron chi connectivity index (χ2n) is 2.63. The summed E-state index contributed by atoms with van der Waals surface area (Å²) in [6.45, 7) is 0. The van der Waals surface area contributed by atoms with E-state index >= 15 is 0 Å². The zero-order valence-corrected chi connectivity index (χ0v) is 8.00. The first kappa shape index (κ1) is 9.72. The van der Waals surface area contributed by atoms with Crippen LogP contribution in [0.5, 0.6) is 0 Å². The summed E-state index contributed by atoms with van der Waals surface area (Å²) in [5.41, 5.74) is 4.61. The normalized spacial score (nSPS) is 11.5. The summed E-state index contributed by atoms with van der Waals surface area (Å²) in [5.74, 6) is 0. The van der Waals surface area contributed by atoms with Crippen molar-refractivity contribution < 1.29 is 8.42 Å². The summed E-state index contributed by atoms with van der Waals surface area (Å²) in [4.78, 5) is 14.7. The molecule has 0 aliphatic heterocycles. The highest BCUT2D eigenvalue weighted by atomic mass is 32.2. The van der Waals surface area contributed by atoms with Gasteiger partial charge < -0.3 is 5.73 Å². The Balaban J connectivity index is 3.63. The van der Waals surface area contributed by atoms with Crippen molar-refractivity contribution in [2.24, 2.45) is 7.05 Å². The van der Waals surface area contributed by atoms with Crippen LogP contribution in [-0.4, -0.2) is 24.2 Å². The molecule has 0 amide bonds. The van der Waals surface area contributed by atoms with Crippen LogP contribution in [0.15, 0.2) is 16.1 Å². The Bertz CT molecular complexity index is 488. The fourth-order valence-corrected chi connectivity index (χ4v) is 1.72. The smallest absolute Gasteiger partial charge is 0.277 e. The number of anilines is 1. The van der Waals surface area contributed by atoms with E-state index in [-0.39, 0.29) is 10.8 Å². The average Bonchev–Trinajstić information content (AvgIpc) is 1.98. The van der Waals surface area contributed by atoms with Crippen molar-refractivity contribution in [2.75, 3.05) is 12.0 Å². The van der Waals surface area contributed by atoms with Crippen LogP contribution in [0.1, 0.15) is 0 Å². The molecule has 1 rings (SSSR count). The van der Waals surface area contributed by atoms with E-state index in [1.165, 1.54) is 7.05 Å². The second kappa shape index (κ2) is 2.84. The molecule has 0 aliphatic carbocycles. The van der Waals surface area contributed by atoms with Gasteiger partial charge in [0, 0.05) is 13.3 Å². The van der Waals surface area contributed by atoms with Crippen LogP contribution in [-0.2, 0) is 16.9 Å². The number of rotatable bonds is 1. The van der Waals surface area contributed by atoms with Gasteiger partial charge in [-0.15, -0.1) is 0 Å². The van der Waals surface area contributed by atoms with E-state index in [4.69, 9.17) is 5.73 Å². The molecular formula is C6H9N3O3S. The molecule has 2 N–H and O–H groups in total. The molecule has 0 aromatic carbocycles. The molecule has 0 saturated heterocycles. The summed E-state index contributed by atoms with van der Waals surface area (Å²) in [6, 6.07) is 0. The predicted molar refractivity (Wildman–Crippen MR) is 47.0 cm³/mol. The van der Waals surface area contributed by atoms with Crippen molar-refractivity contribution in [3.05, 3.63) is 16.6 Å². The van der Waals surface area contributed by atoms with Crippen LogP contribution < -0.4 is 11.3 Å². The summed E-state index contributed by atoms with van der Waals surface area (Å²) >= 11 is 0. The number of hydrogen-bond donors (Lipinski definition) is 1. The Labute approximate surface area is 74.9 Å². The minimum atomic E-state index is -3.48. The van der Waals surface area contributed by atoms with Crippen molar-refractivity contribution in [2.45, 2.75) is 5.16 Å². The molecule has 72 valence electrons. The first-order valence-corrected chi connectivity index (χ1v) is 5.24. The van der Waals surface area contributed by atoms with Crippen LogP contribution in [0.25, 0.3) is 0 Å². The number of nitrogens with two attached hydrogens (primary N) is 1. The maximum atomic E-state index is 11.2. The molecule has 1 aromatic rings. The fraction of sp³-hybridized carbons (Fsp3) is 0.333. The molecular weight excluding hydrogens is 194 g/mol. The number of hydrogen-bond acceptors (Lipinski definition) is 5. The molecule has 0 spiro atoms. The summed E-state index contributed by atoms with van der Waals surface area (Å²) < 4.78 is 23.0. The Morgan fingerprint density at radius 3 is 2.54 bits per heavy atom. The van der Waals surface area contributed by atoms with Gasteiger partial charge in [0.1, 0.15) is 5.69 Å². The molecule has 7 heteroatoms. The van der Waals surface area contributed by atoms with Gasteiger partial charge in [-0.05, 0) is 0 Å². The predicted octanol–water partition coefficient (Wildman–Crippen LogP) is -1.23. The molecule has 1 aromatic heterocycles. The molecule has 6 nitrogen and oxygen atoms in total. The molecule has 0 atom stereocenters. The van der Waals surface area contributed by atoms with E-state index in [0.29, 0.717) is 0 Å². The largest absolute Gasteiger partial charge is 0.393 e. The van der Waals surface area contributed by atoms with Crippen LogP contribution in [0.4, 0.5) is 5.69 Å². The standard InChI is InChI=1S/C6H9N3O3S/c1-9-5(10)4(7)3-8-6(9)13(2,11)12/h3H,7H2,1-2H3. The summed E-state index contributed by atoms with van der Waals surface area (Å²) in [7, 11) is -2.17. The molecule has 0 saturated carbocycles. The van der Waals surface area contributed by atoms with Crippen molar-refractivity contribution >= 4 is 15.5 Å². The maximum absolute atomic E-state index is 11.2. The van der Waals surface area contributed by atoms with Gasteiger partial charge in [0.15, 0.2) is 0 Å². The lowest BCUT2D eigenvalue weighted by molar-refractivity contribution is 0.576. The third-order valence-corrected chi connectivity index (χ3v) is 2.53. The van der Waals surface area contributed by atoms with Crippen molar-refractivity contribution in [1.29, 1.82) is 0 Å². The fourth-order valence-electron chi connectivity index (χ4n) is 0.892. The van der Waals surface area contributed by atoms with Crippen molar-refractivity contribution in [3.8, 4) is 0 Å². The van der Waals surface area contributed by atoms with Crippen LogP contribution in [0, 0.1) is 0 Å². The molecule has 0 unspecified atom stereocenters. The number of aromatic nitrogens is 2. The van der Waals surface area contributed by atoms with Crippen LogP contribution in [0.2, 0.25) is 0 Å². The van der Waals surface area contributed by atoms with Gasteiger partial charge in [-0.25, -0.2) is 13.4 Å². The Kier molecular flexibility index (Phi) is 2.12. The highest BCUT2D eigenvalue weighted by molar-refractivity contribution is 7.90. The highest BCUT2D eigenvalue weighted by Crippen LogP contribution is 2.01. The van der Waals surface area contributed by atoms with E-state index in [1.807, 2.05) is 0 Å². The Morgan fingerprint density at radius 2 is 2.08 bits per heavy atom. The lowest BCUT2D eigenvalue weighted by atomic mass is 10.5. The third-order valence-electron chi connectivity index (χ3n) is 1.48. The van der Waals surface area contributed by atoms with Gasteiger partial charge >= 0.3 is 0 Å². The van der Waals surface area contributed by atoms with E-state index in [1.54, 1.807) is 0 Å². The highest BCUT2D eigenvalue weighted by Gasteiger charge is 2.14. The number of sulfone groups is 1. The number of nitrogens with zero attached hydrogens (tertiary/aromatic N) is 2.